The van der Waals surface area contributed by atoms with Gasteiger partial charge in [0.1, 0.15) is 0 Å². The van der Waals surface area contributed by atoms with Crippen molar-refractivity contribution in [1.82, 2.24) is 0 Å². The predicted octanol–water partition coefficient (Wildman–Crippen LogP) is 10.9. The zero-order valence-electron chi connectivity index (χ0n) is 39.5. The van der Waals surface area contributed by atoms with Crippen LogP contribution in [0.25, 0.3) is 34.4 Å². The Balaban J connectivity index is 0.00000331. The van der Waals surface area contributed by atoms with Crippen molar-refractivity contribution in [2.45, 2.75) is 163 Å². The molecule has 2 aliphatic carbocycles. The molecule has 59 heavy (non-hydrogen) atoms. The Bertz CT molecular complexity index is 2030. The van der Waals surface area contributed by atoms with E-state index >= 15 is 0 Å². The molecular weight excluding hydrogens is 791 g/mol. The van der Waals surface area contributed by atoms with Crippen molar-refractivity contribution >= 4 is 12.2 Å². The van der Waals surface area contributed by atoms with E-state index in [9.17, 15) is 0 Å². The van der Waals surface area contributed by atoms with Crippen molar-refractivity contribution in [1.29, 1.82) is 0 Å². The van der Waals surface area contributed by atoms with Crippen LogP contribution in [0.1, 0.15) is 177 Å². The summed E-state index contributed by atoms with van der Waals surface area (Å²) in [6.45, 7) is 38.2. The van der Waals surface area contributed by atoms with Crippen LogP contribution in [0.2, 0.25) is 9.45 Å². The molecule has 2 atom stereocenters. The predicted molar refractivity (Wildman–Crippen MR) is 249 cm³/mol. The summed E-state index contributed by atoms with van der Waals surface area (Å²) in [6, 6.07) is 29.8. The van der Waals surface area contributed by atoms with Crippen LogP contribution in [0.15, 0.2) is 83.9 Å². The van der Waals surface area contributed by atoms with Crippen LogP contribution in [-0.2, 0) is 38.2 Å². The van der Waals surface area contributed by atoms with E-state index in [1.54, 1.807) is 22.3 Å². The second kappa shape index (κ2) is 16.7. The van der Waals surface area contributed by atoms with Gasteiger partial charge in [0.2, 0.25) is 0 Å². The Labute approximate surface area is 376 Å². The molecule has 7 rings (SSSR count). The minimum absolute atomic E-state index is 0. The van der Waals surface area contributed by atoms with Gasteiger partial charge in [-0.1, -0.05) is 0 Å². The number of halogens is 2. The smallest absolute Gasteiger partial charge is 1.00 e. The first-order valence-electron chi connectivity index (χ1n) is 22.4. The molecule has 1 aliphatic heterocycles. The first-order valence-corrected chi connectivity index (χ1v) is 26.4. The minimum Gasteiger partial charge on any atom is -1.00 e. The van der Waals surface area contributed by atoms with E-state index in [1.165, 1.54) is 77.9 Å². The van der Waals surface area contributed by atoms with E-state index in [0.29, 0.717) is 20.3 Å². The van der Waals surface area contributed by atoms with Gasteiger partial charge in [-0.15, -0.1) is 0 Å². The van der Waals surface area contributed by atoms with E-state index in [0.717, 1.165) is 0 Å². The average Bonchev–Trinajstić information content (AvgIpc) is 3.65. The van der Waals surface area contributed by atoms with Crippen molar-refractivity contribution in [3.8, 4) is 22.3 Å². The van der Waals surface area contributed by atoms with Gasteiger partial charge in [0.15, 0.2) is 0 Å². The molecule has 2 unspecified atom stereocenters. The van der Waals surface area contributed by atoms with Gasteiger partial charge in [0, 0.05) is 0 Å². The maximum atomic E-state index is 2.71. The van der Waals surface area contributed by atoms with Gasteiger partial charge < -0.3 is 24.8 Å². The van der Waals surface area contributed by atoms with Crippen molar-refractivity contribution < 1.29 is 41.4 Å². The van der Waals surface area contributed by atoms with Gasteiger partial charge in [0.25, 0.3) is 0 Å². The molecule has 1 heterocycles. The zero-order chi connectivity index (χ0) is 41.6. The fraction of sp³-hybridized carbons (Fsp3) is 0.500. The van der Waals surface area contributed by atoms with Crippen LogP contribution >= 0.6 is 0 Å². The third-order valence-corrected chi connectivity index (χ3v) is 21.8. The van der Waals surface area contributed by atoms with E-state index in [1.807, 2.05) is 0 Å². The fourth-order valence-electron chi connectivity index (χ4n) is 10.3. The van der Waals surface area contributed by atoms with Gasteiger partial charge in [-0.3, -0.25) is 0 Å². The normalized spacial score (nSPS) is 18.0. The number of rotatable bonds is 8. The van der Waals surface area contributed by atoms with Crippen LogP contribution in [-0.4, -0.2) is 0 Å². The molecule has 3 heteroatoms. The summed E-state index contributed by atoms with van der Waals surface area (Å²) in [5.74, 6) is 1.26. The molecule has 1 saturated heterocycles. The molecule has 1 fully saturated rings. The Morgan fingerprint density at radius 3 is 1.03 bits per heavy atom. The van der Waals surface area contributed by atoms with Crippen molar-refractivity contribution in [2.24, 2.45) is 11.8 Å². The van der Waals surface area contributed by atoms with Gasteiger partial charge >= 0.3 is 354 Å². The average molecular weight is 866 g/mol. The molecule has 0 amide bonds. The molecule has 316 valence electrons. The third-order valence-electron chi connectivity index (χ3n) is 13.5. The molecule has 0 nitrogen and oxygen atoms in total. The van der Waals surface area contributed by atoms with E-state index < -0.39 is 16.6 Å². The maximum absolute atomic E-state index is 2.71. The summed E-state index contributed by atoms with van der Waals surface area (Å²) in [7, 11) is 0. The van der Waals surface area contributed by atoms with Gasteiger partial charge in [0.05, 0.1) is 0 Å². The Morgan fingerprint density at radius 1 is 0.475 bits per heavy atom. The van der Waals surface area contributed by atoms with Crippen LogP contribution < -0.4 is 24.8 Å². The van der Waals surface area contributed by atoms with Gasteiger partial charge in [-0.25, -0.2) is 0 Å². The van der Waals surface area contributed by atoms with Crippen molar-refractivity contribution in [3.05, 3.63) is 128 Å². The first-order chi connectivity index (χ1) is 26.4. The molecule has 4 aromatic rings. The summed E-state index contributed by atoms with van der Waals surface area (Å²) in [4.78, 5) is 0. The molecular formula is C56H74Cl2Ti. The summed E-state index contributed by atoms with van der Waals surface area (Å²) in [5, 5.41) is 0. The van der Waals surface area contributed by atoms with Crippen LogP contribution in [0, 0.1) is 11.8 Å². The molecule has 0 N–H and O–H groups in total. The van der Waals surface area contributed by atoms with Crippen molar-refractivity contribution in [3.63, 3.8) is 0 Å². The number of hydrogen-bond acceptors (Lipinski definition) is 0. The molecule has 0 aromatic heterocycles. The molecule has 3 aliphatic rings. The van der Waals surface area contributed by atoms with E-state index in [-0.39, 0.29) is 46.5 Å². The second-order valence-electron chi connectivity index (χ2n) is 23.4. The molecule has 0 bridgehead atoms. The maximum Gasteiger partial charge on any atom is -1.00 e. The Morgan fingerprint density at radius 2 is 0.780 bits per heavy atom. The van der Waals surface area contributed by atoms with Gasteiger partial charge in [-0.2, -0.15) is 0 Å². The molecule has 4 aromatic carbocycles. The molecule has 0 saturated carbocycles. The Kier molecular flexibility index (Phi) is 13.5. The summed E-state index contributed by atoms with van der Waals surface area (Å²) >= 11 is -2.63. The molecule has 0 radical (unpaired) electrons. The summed E-state index contributed by atoms with van der Waals surface area (Å²) in [5.41, 5.74) is 21.6. The fourth-order valence-corrected chi connectivity index (χ4v) is 20.6. The minimum atomic E-state index is -2.63. The third kappa shape index (κ3) is 9.39. The van der Waals surface area contributed by atoms with Crippen LogP contribution in [0.4, 0.5) is 0 Å². The van der Waals surface area contributed by atoms with Crippen LogP contribution in [0.3, 0.4) is 0 Å². The monoisotopic (exact) mass is 864 g/mol. The zero-order valence-corrected chi connectivity index (χ0v) is 42.6. The summed E-state index contributed by atoms with van der Waals surface area (Å²) in [6.07, 6.45) is 7.81. The number of benzene rings is 4. The second-order valence-corrected chi connectivity index (χ2v) is 30.7. The number of allylic oxidation sites excluding steroid dienone is 2. The Hall–Kier alpha value is -2.35. The standard InChI is InChI=1S/2C27H35.C2H4.2ClH.Ti/c2*1-18(2)12-19-13-20-10-9-11-24(25(20)14-19)21-15-22(26(3,4)5)17-23(16-21)27(6,7)8;1-2;;;/h2*9-11,13-18H,12H2,1-8H3;1-2H2;2*1H;/q;;;;;+2/p-2. The largest absolute Gasteiger partial charge is 1.00 e. The quantitative estimate of drug-likeness (QED) is 0.155. The summed E-state index contributed by atoms with van der Waals surface area (Å²) < 4.78 is 4.16. The number of fused-ring (bicyclic) bond motifs is 2. The van der Waals surface area contributed by atoms with E-state index in [2.05, 4.69) is 196 Å². The van der Waals surface area contributed by atoms with E-state index in [4.69, 9.17) is 0 Å². The molecule has 0 spiro atoms. The first kappa shape index (κ1) is 47.7. The SMILES string of the molecule is CC(C)CC1=Cc2c(-c3cc(C(C)(C)C)cc(C(C)(C)C)c3)cccc2[CH]1[Ti+2]1([CH]2C(CC(C)C)=Cc3c(-c4cc(C(C)(C)C)cc(C(C)(C)C)c4)cccc32)[CH2][CH2]1.[Cl-].[Cl-]. The van der Waals surface area contributed by atoms with Crippen molar-refractivity contribution in [2.75, 3.05) is 0 Å². The number of hydrogen-bond donors (Lipinski definition) is 0. The topological polar surface area (TPSA) is 0 Å². The van der Waals surface area contributed by atoms with Crippen LogP contribution in [0.5, 0.6) is 0 Å². The van der Waals surface area contributed by atoms with Gasteiger partial charge in [-0.05, 0) is 0 Å².